The lowest BCUT2D eigenvalue weighted by Gasteiger charge is -2.16. The van der Waals surface area contributed by atoms with Crippen LogP contribution >= 0.6 is 0 Å². The number of furan rings is 1. The number of nitriles is 1. The number of benzene rings is 4. The van der Waals surface area contributed by atoms with E-state index in [2.05, 4.69) is 24.4 Å². The van der Waals surface area contributed by atoms with E-state index < -0.39 is 0 Å². The van der Waals surface area contributed by atoms with E-state index in [-0.39, 0.29) is 12.5 Å². The molecule has 1 N–H and O–H groups in total. The monoisotopic (exact) mass is 488 g/mol. The molecule has 37 heavy (non-hydrogen) atoms. The summed E-state index contributed by atoms with van der Waals surface area (Å²) in [7, 11) is 0. The van der Waals surface area contributed by atoms with Crippen molar-refractivity contribution in [3.8, 4) is 22.9 Å². The van der Waals surface area contributed by atoms with Gasteiger partial charge in [-0.2, -0.15) is 5.26 Å². The predicted molar refractivity (Wildman–Crippen MR) is 146 cm³/mol. The van der Waals surface area contributed by atoms with Gasteiger partial charge in [0.05, 0.1) is 5.56 Å². The van der Waals surface area contributed by atoms with Crippen molar-refractivity contribution in [2.75, 3.05) is 6.61 Å². The third kappa shape index (κ3) is 4.92. The quantitative estimate of drug-likeness (QED) is 0.234. The maximum Gasteiger partial charge on any atom is 0.255 e. The van der Waals surface area contributed by atoms with Gasteiger partial charge in [0, 0.05) is 23.9 Å². The Morgan fingerprint density at radius 3 is 2.51 bits per heavy atom. The molecule has 0 saturated heterocycles. The molecule has 5 rings (SSSR count). The van der Waals surface area contributed by atoms with E-state index in [1.165, 1.54) is 0 Å². The molecular formula is C32H28N2O3. The second-order valence-electron chi connectivity index (χ2n) is 8.95. The molecule has 1 heterocycles. The minimum Gasteiger partial charge on any atom is -0.478 e. The molecule has 0 aliphatic heterocycles. The van der Waals surface area contributed by atoms with Gasteiger partial charge in [-0.1, -0.05) is 86.1 Å². The predicted octanol–water partition coefficient (Wildman–Crippen LogP) is 7.43. The average molecular weight is 489 g/mol. The van der Waals surface area contributed by atoms with Crippen LogP contribution in [-0.4, -0.2) is 12.5 Å². The van der Waals surface area contributed by atoms with Gasteiger partial charge >= 0.3 is 0 Å². The molecule has 0 spiro atoms. The number of para-hydroxylation sites is 1. The normalized spacial score (nSPS) is 10.9. The summed E-state index contributed by atoms with van der Waals surface area (Å²) < 4.78 is 11.8. The molecule has 0 aliphatic carbocycles. The molecule has 0 saturated carbocycles. The van der Waals surface area contributed by atoms with Gasteiger partial charge in [-0.15, -0.1) is 0 Å². The summed E-state index contributed by atoms with van der Waals surface area (Å²) in [5.74, 6) is 1.27. The van der Waals surface area contributed by atoms with Crippen LogP contribution < -0.4 is 10.1 Å². The molecule has 5 nitrogen and oxygen atoms in total. The lowest BCUT2D eigenvalue weighted by Crippen LogP contribution is -2.23. The Kier molecular flexibility index (Phi) is 7.19. The van der Waals surface area contributed by atoms with Gasteiger partial charge in [0.25, 0.3) is 5.91 Å². The summed E-state index contributed by atoms with van der Waals surface area (Å²) in [5, 5.41) is 15.1. The van der Waals surface area contributed by atoms with E-state index in [0.29, 0.717) is 17.9 Å². The molecule has 0 fully saturated rings. The van der Waals surface area contributed by atoms with E-state index in [4.69, 9.17) is 14.4 Å². The number of carbonyl (C=O) groups is 1. The van der Waals surface area contributed by atoms with E-state index in [1.54, 1.807) is 0 Å². The largest absolute Gasteiger partial charge is 0.478 e. The lowest BCUT2D eigenvalue weighted by molar-refractivity contribution is 0.0950. The van der Waals surface area contributed by atoms with Gasteiger partial charge in [-0.25, -0.2) is 0 Å². The first-order valence-corrected chi connectivity index (χ1v) is 12.6. The number of hydrogen-bond acceptors (Lipinski definition) is 4. The fourth-order valence-corrected chi connectivity index (χ4v) is 4.81. The van der Waals surface area contributed by atoms with E-state index in [9.17, 15) is 4.79 Å². The standard InChI is InChI=1S/C32H28N2O3/c1-2-3-15-29-31(26-13-7-8-16-27(26)37-29)32(35)34-21-23-12-9-14-25-24(23)17-18-28(36-20-19-33)30(25)22-10-5-4-6-11-22/h4-14,16-18H,2-3,15,20-21H2,1H3,(H,34,35). The van der Waals surface area contributed by atoms with Crippen molar-refractivity contribution in [3.05, 3.63) is 102 Å². The smallest absolute Gasteiger partial charge is 0.255 e. The Bertz CT molecular complexity index is 1600. The molecule has 0 bridgehead atoms. The average Bonchev–Trinajstić information content (AvgIpc) is 3.32. The van der Waals surface area contributed by atoms with Gasteiger partial charge in [0.2, 0.25) is 0 Å². The zero-order chi connectivity index (χ0) is 25.6. The Labute approximate surface area is 216 Å². The molecular weight excluding hydrogens is 460 g/mol. The van der Waals surface area contributed by atoms with Crippen molar-refractivity contribution in [2.45, 2.75) is 32.7 Å². The van der Waals surface area contributed by atoms with Crippen LogP contribution in [-0.2, 0) is 13.0 Å². The summed E-state index contributed by atoms with van der Waals surface area (Å²) in [6.07, 6.45) is 2.72. The minimum absolute atomic E-state index is 0.0277. The highest BCUT2D eigenvalue weighted by molar-refractivity contribution is 6.07. The van der Waals surface area contributed by atoms with Crippen molar-refractivity contribution in [1.82, 2.24) is 5.32 Å². The van der Waals surface area contributed by atoms with Crippen LogP contribution in [0, 0.1) is 11.3 Å². The SMILES string of the molecule is CCCCc1oc2ccccc2c1C(=O)NCc1cccc2c(-c3ccccc3)c(OCC#N)ccc12. The van der Waals surface area contributed by atoms with Crippen LogP contribution in [0.4, 0.5) is 0 Å². The first kappa shape index (κ1) is 24.1. The Hall–Kier alpha value is -4.56. The minimum atomic E-state index is -0.134. The Morgan fingerprint density at radius 1 is 0.919 bits per heavy atom. The number of amides is 1. The maximum atomic E-state index is 13.5. The number of fused-ring (bicyclic) bond motifs is 2. The molecule has 5 aromatic rings. The highest BCUT2D eigenvalue weighted by Crippen LogP contribution is 2.38. The van der Waals surface area contributed by atoms with Gasteiger partial charge in [0.15, 0.2) is 6.61 Å². The summed E-state index contributed by atoms with van der Waals surface area (Å²) in [5.41, 5.74) is 4.30. The van der Waals surface area contributed by atoms with Crippen LogP contribution in [0.5, 0.6) is 5.75 Å². The van der Waals surface area contributed by atoms with E-state index in [0.717, 1.165) is 63.5 Å². The van der Waals surface area contributed by atoms with Crippen molar-refractivity contribution >= 4 is 27.6 Å². The number of hydrogen-bond donors (Lipinski definition) is 1. The second-order valence-corrected chi connectivity index (χ2v) is 8.95. The molecule has 5 heteroatoms. The van der Waals surface area contributed by atoms with Gasteiger partial charge in [0.1, 0.15) is 23.2 Å². The molecule has 184 valence electrons. The second kappa shape index (κ2) is 11.0. The number of nitrogens with zero attached hydrogens (tertiary/aromatic N) is 1. The third-order valence-corrected chi connectivity index (χ3v) is 6.56. The number of carbonyl (C=O) groups excluding carboxylic acids is 1. The molecule has 1 aromatic heterocycles. The van der Waals surface area contributed by atoms with Crippen LogP contribution in [0.25, 0.3) is 32.9 Å². The van der Waals surface area contributed by atoms with E-state index in [1.807, 2.05) is 78.9 Å². The highest BCUT2D eigenvalue weighted by Gasteiger charge is 2.21. The van der Waals surface area contributed by atoms with Crippen LogP contribution in [0.2, 0.25) is 0 Å². The number of unbranched alkanes of at least 4 members (excludes halogenated alkanes) is 1. The van der Waals surface area contributed by atoms with Gasteiger partial charge in [-0.3, -0.25) is 4.79 Å². The van der Waals surface area contributed by atoms with Crippen molar-refractivity contribution in [1.29, 1.82) is 5.26 Å². The zero-order valence-electron chi connectivity index (χ0n) is 20.8. The lowest BCUT2D eigenvalue weighted by atomic mass is 9.94. The van der Waals surface area contributed by atoms with Crippen LogP contribution in [0.1, 0.15) is 41.4 Å². The fourth-order valence-electron chi connectivity index (χ4n) is 4.81. The topological polar surface area (TPSA) is 75.3 Å². The summed E-state index contributed by atoms with van der Waals surface area (Å²) in [6, 6.07) is 29.7. The molecule has 0 aliphatic rings. The molecule has 0 unspecified atom stereocenters. The van der Waals surface area contributed by atoms with Gasteiger partial charge < -0.3 is 14.5 Å². The first-order valence-electron chi connectivity index (χ1n) is 12.6. The first-order chi connectivity index (χ1) is 18.2. The number of rotatable bonds is 9. The van der Waals surface area contributed by atoms with Crippen molar-refractivity contribution < 1.29 is 13.9 Å². The summed E-state index contributed by atoms with van der Waals surface area (Å²) >= 11 is 0. The Balaban J connectivity index is 1.50. The van der Waals surface area contributed by atoms with E-state index >= 15 is 0 Å². The number of nitrogens with one attached hydrogen (secondary N) is 1. The summed E-state index contributed by atoms with van der Waals surface area (Å²) in [4.78, 5) is 13.5. The Morgan fingerprint density at radius 2 is 1.70 bits per heavy atom. The third-order valence-electron chi connectivity index (χ3n) is 6.56. The van der Waals surface area contributed by atoms with Crippen molar-refractivity contribution in [2.24, 2.45) is 0 Å². The molecule has 0 radical (unpaired) electrons. The number of ether oxygens (including phenoxy) is 1. The van der Waals surface area contributed by atoms with Crippen LogP contribution in [0.15, 0.2) is 89.3 Å². The summed E-state index contributed by atoms with van der Waals surface area (Å²) in [6.45, 7) is 2.47. The van der Waals surface area contributed by atoms with Crippen molar-refractivity contribution in [3.63, 3.8) is 0 Å². The molecule has 0 atom stereocenters. The molecule has 1 amide bonds. The number of aryl methyl sites for hydroxylation is 1. The van der Waals surface area contributed by atoms with Crippen LogP contribution in [0.3, 0.4) is 0 Å². The molecule has 4 aromatic carbocycles. The highest BCUT2D eigenvalue weighted by atomic mass is 16.5. The van der Waals surface area contributed by atoms with Gasteiger partial charge in [-0.05, 0) is 40.5 Å². The maximum absolute atomic E-state index is 13.5. The zero-order valence-corrected chi connectivity index (χ0v) is 20.8. The fraction of sp³-hybridized carbons (Fsp3) is 0.188.